The maximum Gasteiger partial charge on any atom is 0.250 e. The van der Waals surface area contributed by atoms with Crippen molar-refractivity contribution in [2.45, 2.75) is 19.4 Å². The number of nitrogens with one attached hydrogen (secondary N) is 1. The molecule has 2 heterocycles. The summed E-state index contributed by atoms with van der Waals surface area (Å²) in [6, 6.07) is 3.26. The van der Waals surface area contributed by atoms with Crippen LogP contribution in [0.4, 0.5) is 0 Å². The lowest BCUT2D eigenvalue weighted by Gasteiger charge is -2.27. The van der Waals surface area contributed by atoms with Gasteiger partial charge in [-0.1, -0.05) is 0 Å². The Morgan fingerprint density at radius 2 is 2.05 bits per heavy atom. The van der Waals surface area contributed by atoms with Crippen molar-refractivity contribution in [3.8, 4) is 0 Å². The average Bonchev–Trinajstić information content (AvgIpc) is 2.43. The summed E-state index contributed by atoms with van der Waals surface area (Å²) in [5.41, 5.74) is -0.0298. The molecule has 1 fully saturated rings. The van der Waals surface area contributed by atoms with E-state index in [1.165, 1.54) is 6.07 Å². The van der Waals surface area contributed by atoms with Crippen molar-refractivity contribution >= 4 is 21.8 Å². The van der Waals surface area contributed by atoms with Crippen molar-refractivity contribution in [3.05, 3.63) is 33.2 Å². The SMILES string of the molecule is O=C(CCCn1cc(Br)ccc1=O)N1CCNCC1. The number of amides is 1. The molecule has 1 amide bonds. The second-order valence-corrected chi connectivity index (χ2v) is 5.53. The molecular formula is C13H18BrN3O2. The van der Waals surface area contributed by atoms with Crippen LogP contribution < -0.4 is 10.9 Å². The third-order valence-corrected chi connectivity index (χ3v) is 3.68. The van der Waals surface area contributed by atoms with Gasteiger partial charge in [-0.05, 0) is 28.4 Å². The number of aromatic nitrogens is 1. The van der Waals surface area contributed by atoms with E-state index in [1.807, 2.05) is 4.90 Å². The largest absolute Gasteiger partial charge is 0.340 e. The smallest absolute Gasteiger partial charge is 0.250 e. The van der Waals surface area contributed by atoms with Crippen LogP contribution in [0.25, 0.3) is 0 Å². The monoisotopic (exact) mass is 327 g/mol. The highest BCUT2D eigenvalue weighted by Crippen LogP contribution is 2.06. The van der Waals surface area contributed by atoms with Gasteiger partial charge >= 0.3 is 0 Å². The van der Waals surface area contributed by atoms with E-state index in [9.17, 15) is 9.59 Å². The second kappa shape index (κ2) is 6.86. The molecule has 19 heavy (non-hydrogen) atoms. The van der Waals surface area contributed by atoms with Gasteiger partial charge in [0.25, 0.3) is 5.56 Å². The Bertz CT molecular complexity index is 495. The van der Waals surface area contributed by atoms with Crippen molar-refractivity contribution in [2.75, 3.05) is 26.2 Å². The quantitative estimate of drug-likeness (QED) is 0.891. The number of rotatable bonds is 4. The maximum atomic E-state index is 11.9. The first-order valence-corrected chi connectivity index (χ1v) is 7.30. The predicted octanol–water partition coefficient (Wildman–Crippen LogP) is 0.823. The molecular weight excluding hydrogens is 310 g/mol. The van der Waals surface area contributed by atoms with Crippen molar-refractivity contribution in [2.24, 2.45) is 0 Å². The number of nitrogens with zero attached hydrogens (tertiary/aromatic N) is 2. The van der Waals surface area contributed by atoms with Gasteiger partial charge < -0.3 is 14.8 Å². The molecule has 0 bridgehead atoms. The lowest BCUT2D eigenvalue weighted by Crippen LogP contribution is -2.46. The van der Waals surface area contributed by atoms with E-state index >= 15 is 0 Å². The Hall–Kier alpha value is -1.14. The number of pyridine rings is 1. The topological polar surface area (TPSA) is 54.3 Å². The summed E-state index contributed by atoms with van der Waals surface area (Å²) < 4.78 is 2.51. The molecule has 0 spiro atoms. The van der Waals surface area contributed by atoms with Crippen molar-refractivity contribution in [1.82, 2.24) is 14.8 Å². The van der Waals surface area contributed by atoms with Crippen LogP contribution in [0.3, 0.4) is 0 Å². The molecule has 1 aromatic rings. The first-order valence-electron chi connectivity index (χ1n) is 6.51. The Labute approximate surface area is 120 Å². The molecule has 1 aromatic heterocycles. The van der Waals surface area contributed by atoms with Gasteiger partial charge in [0.1, 0.15) is 0 Å². The summed E-state index contributed by atoms with van der Waals surface area (Å²) in [4.78, 5) is 25.4. The summed E-state index contributed by atoms with van der Waals surface area (Å²) in [7, 11) is 0. The fourth-order valence-electron chi connectivity index (χ4n) is 2.15. The van der Waals surface area contributed by atoms with Crippen LogP contribution in [0.5, 0.6) is 0 Å². The molecule has 0 unspecified atom stereocenters. The fraction of sp³-hybridized carbons (Fsp3) is 0.538. The molecule has 1 N–H and O–H groups in total. The lowest BCUT2D eigenvalue weighted by atomic mass is 10.2. The van der Waals surface area contributed by atoms with Gasteiger partial charge in [0.15, 0.2) is 0 Å². The average molecular weight is 328 g/mol. The van der Waals surface area contributed by atoms with E-state index in [0.29, 0.717) is 19.4 Å². The molecule has 0 aliphatic carbocycles. The minimum Gasteiger partial charge on any atom is -0.340 e. The van der Waals surface area contributed by atoms with Crippen LogP contribution in [0.15, 0.2) is 27.6 Å². The molecule has 0 radical (unpaired) electrons. The highest BCUT2D eigenvalue weighted by atomic mass is 79.9. The zero-order chi connectivity index (χ0) is 13.7. The van der Waals surface area contributed by atoms with E-state index in [4.69, 9.17) is 0 Å². The predicted molar refractivity (Wildman–Crippen MR) is 77.1 cm³/mol. The standard InChI is InChI=1S/C13H18BrN3O2/c14-11-3-4-13(19)17(10-11)7-1-2-12(18)16-8-5-15-6-9-16/h3-4,10,15H,1-2,5-9H2. The second-order valence-electron chi connectivity index (χ2n) is 4.61. The first kappa shape index (κ1) is 14.3. The Kier molecular flexibility index (Phi) is 5.15. The first-order chi connectivity index (χ1) is 9.16. The molecule has 6 heteroatoms. The van der Waals surface area contributed by atoms with Gasteiger partial charge in [0.2, 0.25) is 5.91 Å². The third-order valence-electron chi connectivity index (χ3n) is 3.21. The van der Waals surface area contributed by atoms with E-state index in [2.05, 4.69) is 21.2 Å². The Morgan fingerprint density at radius 1 is 1.32 bits per heavy atom. The lowest BCUT2D eigenvalue weighted by molar-refractivity contribution is -0.131. The zero-order valence-corrected chi connectivity index (χ0v) is 12.4. The van der Waals surface area contributed by atoms with E-state index in [0.717, 1.165) is 30.7 Å². The van der Waals surface area contributed by atoms with Gasteiger partial charge in [-0.25, -0.2) is 0 Å². The fourth-order valence-corrected chi connectivity index (χ4v) is 2.53. The van der Waals surface area contributed by atoms with Gasteiger partial charge in [-0.2, -0.15) is 0 Å². The van der Waals surface area contributed by atoms with Crippen LogP contribution >= 0.6 is 15.9 Å². The highest BCUT2D eigenvalue weighted by molar-refractivity contribution is 9.10. The normalized spacial score (nSPS) is 15.5. The minimum absolute atomic E-state index is 0.0298. The summed E-state index contributed by atoms with van der Waals surface area (Å²) in [6.45, 7) is 3.90. The van der Waals surface area contributed by atoms with Gasteiger partial charge in [-0.15, -0.1) is 0 Å². The number of carbonyl (C=O) groups is 1. The van der Waals surface area contributed by atoms with Crippen LogP contribution in [0, 0.1) is 0 Å². The van der Waals surface area contributed by atoms with Gasteiger partial charge in [0, 0.05) is 55.9 Å². The van der Waals surface area contributed by atoms with Crippen LogP contribution in [0.2, 0.25) is 0 Å². The van der Waals surface area contributed by atoms with Gasteiger partial charge in [0.05, 0.1) is 0 Å². The maximum absolute atomic E-state index is 11.9. The molecule has 1 aliphatic rings. The van der Waals surface area contributed by atoms with E-state index < -0.39 is 0 Å². The van der Waals surface area contributed by atoms with E-state index in [1.54, 1.807) is 16.8 Å². The molecule has 0 saturated carbocycles. The molecule has 5 nitrogen and oxygen atoms in total. The Morgan fingerprint density at radius 3 is 2.79 bits per heavy atom. The number of carbonyl (C=O) groups excluding carboxylic acids is 1. The molecule has 0 atom stereocenters. The molecule has 0 aromatic carbocycles. The molecule has 1 saturated heterocycles. The van der Waals surface area contributed by atoms with Gasteiger partial charge in [-0.3, -0.25) is 9.59 Å². The zero-order valence-electron chi connectivity index (χ0n) is 10.8. The van der Waals surface area contributed by atoms with E-state index in [-0.39, 0.29) is 11.5 Å². The third kappa shape index (κ3) is 4.18. The summed E-state index contributed by atoms with van der Waals surface area (Å²) >= 11 is 3.34. The van der Waals surface area contributed by atoms with Crippen LogP contribution in [-0.4, -0.2) is 41.6 Å². The molecule has 1 aliphatic heterocycles. The summed E-state index contributed by atoms with van der Waals surface area (Å²) in [6.07, 6.45) is 2.95. The molecule has 104 valence electrons. The number of hydrogen-bond donors (Lipinski definition) is 1. The van der Waals surface area contributed by atoms with Crippen molar-refractivity contribution in [3.63, 3.8) is 0 Å². The highest BCUT2D eigenvalue weighted by Gasteiger charge is 2.15. The number of piperazine rings is 1. The van der Waals surface area contributed by atoms with Crippen LogP contribution in [-0.2, 0) is 11.3 Å². The van der Waals surface area contributed by atoms with Crippen LogP contribution in [0.1, 0.15) is 12.8 Å². The Balaban J connectivity index is 1.81. The number of halogens is 1. The summed E-state index contributed by atoms with van der Waals surface area (Å²) in [5, 5.41) is 3.22. The van der Waals surface area contributed by atoms with Crippen molar-refractivity contribution < 1.29 is 4.79 Å². The van der Waals surface area contributed by atoms with Crippen molar-refractivity contribution in [1.29, 1.82) is 0 Å². The minimum atomic E-state index is -0.0298. The summed E-state index contributed by atoms with van der Waals surface area (Å²) in [5.74, 6) is 0.185. The number of aryl methyl sites for hydroxylation is 1. The number of hydrogen-bond acceptors (Lipinski definition) is 3. The molecule has 2 rings (SSSR count).